The van der Waals surface area contributed by atoms with Crippen molar-refractivity contribution in [3.05, 3.63) is 36.0 Å². The van der Waals surface area contributed by atoms with E-state index >= 15 is 0 Å². The number of para-hydroxylation sites is 1. The van der Waals surface area contributed by atoms with Crippen LogP contribution in [0.15, 0.2) is 30.5 Å². The fraction of sp³-hybridized carbons (Fsp3) is 0.536. The first kappa shape index (κ1) is 32.3. The Hall–Kier alpha value is -3.93. The van der Waals surface area contributed by atoms with E-state index in [2.05, 4.69) is 20.9 Å². The molecule has 0 fully saturated rings. The fourth-order valence-electron chi connectivity index (χ4n) is 4.30. The van der Waals surface area contributed by atoms with Crippen molar-refractivity contribution in [2.24, 2.45) is 17.6 Å². The smallest absolute Gasteiger partial charge is 0.326 e. The van der Waals surface area contributed by atoms with Gasteiger partial charge in [-0.25, -0.2) is 4.79 Å². The van der Waals surface area contributed by atoms with Crippen molar-refractivity contribution >= 4 is 40.6 Å². The van der Waals surface area contributed by atoms with Crippen molar-refractivity contribution in [1.82, 2.24) is 20.9 Å². The maximum absolute atomic E-state index is 13.4. The molecule has 6 atom stereocenters. The first-order valence-electron chi connectivity index (χ1n) is 13.6. The molecule has 1 aromatic heterocycles. The fourth-order valence-corrected chi connectivity index (χ4v) is 4.30. The molecular formula is C28H41N5O7. The van der Waals surface area contributed by atoms with Crippen LogP contribution in [0, 0.1) is 11.8 Å². The van der Waals surface area contributed by atoms with Gasteiger partial charge in [-0.05, 0) is 29.9 Å². The quantitative estimate of drug-likeness (QED) is 0.160. The van der Waals surface area contributed by atoms with E-state index in [-0.39, 0.29) is 31.1 Å². The predicted octanol–water partition coefficient (Wildman–Crippen LogP) is 1.53. The molecule has 12 nitrogen and oxygen atoms in total. The Morgan fingerprint density at radius 2 is 1.43 bits per heavy atom. The van der Waals surface area contributed by atoms with Gasteiger partial charge in [0.1, 0.15) is 18.1 Å². The number of aliphatic carboxylic acids is 2. The molecule has 1 heterocycles. The molecule has 0 aliphatic heterocycles. The SMILES string of the molecule is CCC(C)C(NC(=O)C(N)CCC(=O)O)C(=O)NC(C(=O)NC(Cc1c[nH]c2ccccc12)C(=O)O)C(C)CC. The maximum Gasteiger partial charge on any atom is 0.326 e. The molecule has 0 saturated heterocycles. The Labute approximate surface area is 233 Å². The zero-order valence-corrected chi connectivity index (χ0v) is 23.4. The number of carboxylic acid groups (broad SMARTS) is 2. The van der Waals surface area contributed by atoms with Gasteiger partial charge in [-0.3, -0.25) is 19.2 Å². The molecule has 220 valence electrons. The molecule has 1 aromatic carbocycles. The summed E-state index contributed by atoms with van der Waals surface area (Å²) in [5.74, 6) is -4.92. The zero-order chi connectivity index (χ0) is 30.0. The van der Waals surface area contributed by atoms with Crippen molar-refractivity contribution in [2.45, 2.75) is 84.0 Å². The number of carbonyl (C=O) groups is 5. The topological polar surface area (TPSA) is 204 Å². The zero-order valence-electron chi connectivity index (χ0n) is 23.4. The van der Waals surface area contributed by atoms with E-state index in [1.54, 1.807) is 20.0 Å². The summed E-state index contributed by atoms with van der Waals surface area (Å²) in [5, 5.41) is 27.5. The standard InChI is InChI=1S/C28H41N5O7/c1-5-15(3)23(33-27(38)24(16(4)6-2)32-25(36)19(29)11-12-22(34)35)26(37)31-21(28(39)40)13-17-14-30-20-10-8-7-9-18(17)20/h7-10,14-16,19,21,23-24,30H,5-6,11-13,29H2,1-4H3,(H,31,37)(H,32,36)(H,33,38)(H,34,35)(H,39,40). The van der Waals surface area contributed by atoms with Crippen LogP contribution in [0.25, 0.3) is 10.9 Å². The van der Waals surface area contributed by atoms with Gasteiger partial charge in [0.25, 0.3) is 0 Å². The van der Waals surface area contributed by atoms with Gasteiger partial charge >= 0.3 is 11.9 Å². The minimum atomic E-state index is -1.24. The number of hydrogen-bond acceptors (Lipinski definition) is 6. The molecule has 40 heavy (non-hydrogen) atoms. The highest BCUT2D eigenvalue weighted by atomic mass is 16.4. The normalized spacial score (nSPS) is 15.7. The number of fused-ring (bicyclic) bond motifs is 1. The summed E-state index contributed by atoms with van der Waals surface area (Å²) >= 11 is 0. The van der Waals surface area contributed by atoms with Crippen LogP contribution in [0.2, 0.25) is 0 Å². The van der Waals surface area contributed by atoms with Crippen molar-refractivity contribution in [3.8, 4) is 0 Å². The average molecular weight is 560 g/mol. The van der Waals surface area contributed by atoms with Gasteiger partial charge in [0.05, 0.1) is 6.04 Å². The summed E-state index contributed by atoms with van der Waals surface area (Å²) in [6.07, 6.45) is 2.39. The summed E-state index contributed by atoms with van der Waals surface area (Å²) in [4.78, 5) is 65.3. The van der Waals surface area contributed by atoms with Crippen LogP contribution in [0.4, 0.5) is 0 Å². The summed E-state index contributed by atoms with van der Waals surface area (Å²) in [5.41, 5.74) is 7.39. The maximum atomic E-state index is 13.4. The molecule has 0 bridgehead atoms. The van der Waals surface area contributed by atoms with Gasteiger partial charge in [-0.2, -0.15) is 0 Å². The third-order valence-electron chi connectivity index (χ3n) is 7.31. The van der Waals surface area contributed by atoms with Gasteiger partial charge in [-0.15, -0.1) is 0 Å². The molecule has 0 aliphatic carbocycles. The molecule has 8 N–H and O–H groups in total. The molecular weight excluding hydrogens is 518 g/mol. The number of aromatic amines is 1. The molecule has 6 unspecified atom stereocenters. The second-order valence-electron chi connectivity index (χ2n) is 10.2. The first-order valence-corrected chi connectivity index (χ1v) is 13.6. The average Bonchev–Trinajstić information content (AvgIpc) is 3.34. The lowest BCUT2D eigenvalue weighted by molar-refractivity contribution is -0.142. The minimum absolute atomic E-state index is 0.0338. The lowest BCUT2D eigenvalue weighted by atomic mass is 9.94. The van der Waals surface area contributed by atoms with Gasteiger partial charge < -0.3 is 36.9 Å². The summed E-state index contributed by atoms with van der Waals surface area (Å²) < 4.78 is 0. The number of amides is 3. The molecule has 0 spiro atoms. The van der Waals surface area contributed by atoms with Crippen LogP contribution in [0.3, 0.4) is 0 Å². The Morgan fingerprint density at radius 1 is 0.875 bits per heavy atom. The number of carboxylic acids is 2. The highest BCUT2D eigenvalue weighted by Crippen LogP contribution is 2.20. The summed E-state index contributed by atoms with van der Waals surface area (Å²) in [6, 6.07) is 2.97. The van der Waals surface area contributed by atoms with Crippen molar-refractivity contribution in [2.75, 3.05) is 0 Å². The van der Waals surface area contributed by atoms with Crippen LogP contribution < -0.4 is 21.7 Å². The monoisotopic (exact) mass is 559 g/mol. The largest absolute Gasteiger partial charge is 0.481 e. The van der Waals surface area contributed by atoms with Crippen molar-refractivity contribution < 1.29 is 34.2 Å². The lowest BCUT2D eigenvalue weighted by Crippen LogP contribution is -2.60. The summed E-state index contributed by atoms with van der Waals surface area (Å²) in [7, 11) is 0. The van der Waals surface area contributed by atoms with Gasteiger partial charge in [0, 0.05) is 29.9 Å². The van der Waals surface area contributed by atoms with Crippen LogP contribution in [-0.4, -0.2) is 69.0 Å². The molecule has 2 aromatic rings. The number of carbonyl (C=O) groups excluding carboxylic acids is 3. The second-order valence-corrected chi connectivity index (χ2v) is 10.2. The van der Waals surface area contributed by atoms with Gasteiger partial charge in [0.15, 0.2) is 0 Å². The van der Waals surface area contributed by atoms with E-state index in [0.717, 1.165) is 16.5 Å². The van der Waals surface area contributed by atoms with Crippen molar-refractivity contribution in [3.63, 3.8) is 0 Å². The van der Waals surface area contributed by atoms with E-state index in [0.29, 0.717) is 12.8 Å². The van der Waals surface area contributed by atoms with E-state index in [4.69, 9.17) is 10.8 Å². The number of hydrogen-bond donors (Lipinski definition) is 7. The highest BCUT2D eigenvalue weighted by Gasteiger charge is 2.34. The molecule has 0 saturated carbocycles. The van der Waals surface area contributed by atoms with Crippen LogP contribution in [-0.2, 0) is 30.4 Å². The number of rotatable bonds is 16. The molecule has 0 radical (unpaired) electrons. The first-order chi connectivity index (χ1) is 18.9. The Balaban J connectivity index is 2.19. The number of benzene rings is 1. The second kappa shape index (κ2) is 15.0. The number of aromatic nitrogens is 1. The highest BCUT2D eigenvalue weighted by molar-refractivity contribution is 5.94. The van der Waals surface area contributed by atoms with Crippen LogP contribution in [0.1, 0.15) is 58.9 Å². The third kappa shape index (κ3) is 8.80. The Kier molecular flexibility index (Phi) is 12.1. The Bertz CT molecular complexity index is 1200. The number of H-pyrrole nitrogens is 1. The van der Waals surface area contributed by atoms with Gasteiger partial charge in [-0.1, -0.05) is 58.7 Å². The van der Waals surface area contributed by atoms with Crippen LogP contribution >= 0.6 is 0 Å². The number of nitrogens with one attached hydrogen (secondary N) is 4. The molecule has 0 aliphatic rings. The minimum Gasteiger partial charge on any atom is -0.481 e. The van der Waals surface area contributed by atoms with Gasteiger partial charge in [0.2, 0.25) is 17.7 Å². The number of nitrogens with two attached hydrogens (primary N) is 1. The summed E-state index contributed by atoms with van der Waals surface area (Å²) in [6.45, 7) is 7.20. The van der Waals surface area contributed by atoms with E-state index in [1.165, 1.54) is 0 Å². The molecule has 3 amide bonds. The van der Waals surface area contributed by atoms with Crippen molar-refractivity contribution in [1.29, 1.82) is 0 Å². The van der Waals surface area contributed by atoms with E-state index < -0.39 is 53.8 Å². The lowest BCUT2D eigenvalue weighted by Gasteiger charge is -2.30. The van der Waals surface area contributed by atoms with Crippen LogP contribution in [0.5, 0.6) is 0 Å². The molecule has 2 rings (SSSR count). The molecule has 12 heteroatoms. The van der Waals surface area contributed by atoms with E-state index in [9.17, 15) is 29.1 Å². The Morgan fingerprint density at radius 3 is 1.98 bits per heavy atom. The third-order valence-corrected chi connectivity index (χ3v) is 7.31. The van der Waals surface area contributed by atoms with E-state index in [1.807, 2.05) is 38.1 Å². The predicted molar refractivity (Wildman–Crippen MR) is 149 cm³/mol.